The van der Waals surface area contributed by atoms with Crippen molar-refractivity contribution in [2.24, 2.45) is 0 Å². The molecule has 1 unspecified atom stereocenters. The van der Waals surface area contributed by atoms with Crippen LogP contribution in [0, 0.1) is 0 Å². The highest BCUT2D eigenvalue weighted by Crippen LogP contribution is 2.12. The van der Waals surface area contributed by atoms with E-state index in [1.54, 1.807) is 0 Å². The highest BCUT2D eigenvalue weighted by atomic mass is 16.3. The fourth-order valence-electron chi connectivity index (χ4n) is 2.25. The maximum Gasteiger partial charge on any atom is 0.0969 e. The molecule has 3 rings (SSSR count). The van der Waals surface area contributed by atoms with Crippen LogP contribution in [0.4, 0.5) is 0 Å². The molecule has 0 saturated heterocycles. The van der Waals surface area contributed by atoms with Gasteiger partial charge in [-0.15, -0.1) is 0 Å². The first kappa shape index (κ1) is 12.8. The number of nitrogens with zero attached hydrogens (tertiary/aromatic N) is 2. The molecule has 2 N–H and O–H groups in total. The van der Waals surface area contributed by atoms with E-state index in [9.17, 15) is 5.11 Å². The minimum absolute atomic E-state index is 0.494. The molecule has 3 aromatic rings. The van der Waals surface area contributed by atoms with Gasteiger partial charge < -0.3 is 9.67 Å². The summed E-state index contributed by atoms with van der Waals surface area (Å²) in [5.41, 5.74) is 3.00. The standard InChI is InChI=1S/C16H17N3O/c20-16(13-6-2-1-3-7-13)10-17-11-19-12-18-14-8-4-5-9-15(14)19/h1-9,12,16-17,20H,10-11H2. The lowest BCUT2D eigenvalue weighted by Crippen LogP contribution is -2.23. The number of nitrogens with one attached hydrogen (secondary N) is 1. The lowest BCUT2D eigenvalue weighted by Gasteiger charge is -2.12. The Kier molecular flexibility index (Phi) is 3.76. The molecule has 0 radical (unpaired) electrons. The number of aromatic nitrogens is 2. The van der Waals surface area contributed by atoms with E-state index >= 15 is 0 Å². The van der Waals surface area contributed by atoms with Crippen molar-refractivity contribution in [3.05, 3.63) is 66.5 Å². The van der Waals surface area contributed by atoms with E-state index in [-0.39, 0.29) is 0 Å². The molecule has 0 aliphatic carbocycles. The van der Waals surface area contributed by atoms with Gasteiger partial charge in [0.15, 0.2) is 0 Å². The summed E-state index contributed by atoms with van der Waals surface area (Å²) in [7, 11) is 0. The first-order valence-electron chi connectivity index (χ1n) is 6.68. The van der Waals surface area contributed by atoms with Gasteiger partial charge in [-0.25, -0.2) is 4.98 Å². The molecule has 0 fully saturated rings. The van der Waals surface area contributed by atoms with Crippen molar-refractivity contribution in [2.45, 2.75) is 12.8 Å². The van der Waals surface area contributed by atoms with Gasteiger partial charge in [0.1, 0.15) is 0 Å². The first-order valence-corrected chi connectivity index (χ1v) is 6.68. The Morgan fingerprint density at radius 2 is 1.80 bits per heavy atom. The fourth-order valence-corrected chi connectivity index (χ4v) is 2.25. The van der Waals surface area contributed by atoms with Crippen LogP contribution in [0.1, 0.15) is 11.7 Å². The van der Waals surface area contributed by atoms with E-state index in [4.69, 9.17) is 0 Å². The van der Waals surface area contributed by atoms with Crippen LogP contribution < -0.4 is 5.32 Å². The second kappa shape index (κ2) is 5.86. The average Bonchev–Trinajstić information content (AvgIpc) is 2.92. The van der Waals surface area contributed by atoms with Gasteiger partial charge in [-0.05, 0) is 17.7 Å². The predicted octanol–water partition coefficient (Wildman–Crippen LogP) is 2.32. The molecule has 0 aliphatic heterocycles. The molecular weight excluding hydrogens is 250 g/mol. The number of aliphatic hydroxyl groups is 1. The molecule has 0 spiro atoms. The second-order valence-corrected chi connectivity index (χ2v) is 4.74. The topological polar surface area (TPSA) is 50.1 Å². The third-order valence-electron chi connectivity index (χ3n) is 3.33. The summed E-state index contributed by atoms with van der Waals surface area (Å²) in [4.78, 5) is 4.34. The Bertz CT molecular complexity index is 678. The number of para-hydroxylation sites is 2. The smallest absolute Gasteiger partial charge is 0.0969 e. The van der Waals surface area contributed by atoms with E-state index in [2.05, 4.69) is 10.3 Å². The fraction of sp³-hybridized carbons (Fsp3) is 0.188. The van der Waals surface area contributed by atoms with E-state index < -0.39 is 6.10 Å². The number of rotatable bonds is 5. The van der Waals surface area contributed by atoms with Crippen molar-refractivity contribution < 1.29 is 5.11 Å². The van der Waals surface area contributed by atoms with Crippen LogP contribution >= 0.6 is 0 Å². The van der Waals surface area contributed by atoms with Crippen LogP contribution in [0.2, 0.25) is 0 Å². The highest BCUT2D eigenvalue weighted by Gasteiger charge is 2.06. The summed E-state index contributed by atoms with van der Waals surface area (Å²) in [5, 5.41) is 13.3. The van der Waals surface area contributed by atoms with Gasteiger partial charge in [-0.2, -0.15) is 0 Å². The molecule has 0 saturated carbocycles. The Morgan fingerprint density at radius 1 is 1.05 bits per heavy atom. The van der Waals surface area contributed by atoms with E-state index in [1.165, 1.54) is 0 Å². The Labute approximate surface area is 117 Å². The van der Waals surface area contributed by atoms with Crippen molar-refractivity contribution in [1.82, 2.24) is 14.9 Å². The van der Waals surface area contributed by atoms with Gasteiger partial charge >= 0.3 is 0 Å². The normalized spacial score (nSPS) is 12.7. The molecule has 1 aromatic heterocycles. The second-order valence-electron chi connectivity index (χ2n) is 4.74. The maximum absolute atomic E-state index is 10.1. The Balaban J connectivity index is 1.60. The van der Waals surface area contributed by atoms with Crippen molar-refractivity contribution in [3.63, 3.8) is 0 Å². The molecule has 0 aliphatic rings. The molecule has 2 aromatic carbocycles. The zero-order chi connectivity index (χ0) is 13.8. The van der Waals surface area contributed by atoms with Crippen molar-refractivity contribution in [3.8, 4) is 0 Å². The zero-order valence-electron chi connectivity index (χ0n) is 11.1. The van der Waals surface area contributed by atoms with Crippen LogP contribution in [0.15, 0.2) is 60.9 Å². The summed E-state index contributed by atoms with van der Waals surface area (Å²) < 4.78 is 2.03. The van der Waals surface area contributed by atoms with Crippen molar-refractivity contribution >= 4 is 11.0 Å². The van der Waals surface area contributed by atoms with E-state index in [1.807, 2.05) is 65.5 Å². The lowest BCUT2D eigenvalue weighted by atomic mass is 10.1. The molecule has 0 bridgehead atoms. The van der Waals surface area contributed by atoms with Crippen LogP contribution in [0.25, 0.3) is 11.0 Å². The molecule has 20 heavy (non-hydrogen) atoms. The molecule has 4 heteroatoms. The first-order chi connectivity index (χ1) is 9.84. The van der Waals surface area contributed by atoms with E-state index in [0.717, 1.165) is 16.6 Å². The molecule has 4 nitrogen and oxygen atoms in total. The van der Waals surface area contributed by atoms with Gasteiger partial charge in [0.05, 0.1) is 30.1 Å². The number of imidazole rings is 1. The van der Waals surface area contributed by atoms with Gasteiger partial charge in [0, 0.05) is 6.54 Å². The zero-order valence-corrected chi connectivity index (χ0v) is 11.1. The minimum atomic E-state index is -0.494. The van der Waals surface area contributed by atoms with Crippen LogP contribution in [-0.2, 0) is 6.67 Å². The molecule has 1 atom stereocenters. The van der Waals surface area contributed by atoms with Gasteiger partial charge in [0.2, 0.25) is 0 Å². The minimum Gasteiger partial charge on any atom is -0.387 e. The maximum atomic E-state index is 10.1. The summed E-state index contributed by atoms with van der Waals surface area (Å²) in [6.45, 7) is 1.14. The van der Waals surface area contributed by atoms with Gasteiger partial charge in [-0.1, -0.05) is 42.5 Å². The van der Waals surface area contributed by atoms with E-state index in [0.29, 0.717) is 13.2 Å². The number of hydrogen-bond donors (Lipinski definition) is 2. The van der Waals surface area contributed by atoms with Gasteiger partial charge in [-0.3, -0.25) is 5.32 Å². The van der Waals surface area contributed by atoms with Crippen LogP contribution in [0.5, 0.6) is 0 Å². The molecule has 0 amide bonds. The third-order valence-corrected chi connectivity index (χ3v) is 3.33. The Hall–Kier alpha value is -2.17. The largest absolute Gasteiger partial charge is 0.387 e. The number of benzene rings is 2. The molecular formula is C16H17N3O. The third kappa shape index (κ3) is 2.71. The SMILES string of the molecule is OC(CNCn1cnc2ccccc21)c1ccccc1. The summed E-state index contributed by atoms with van der Waals surface area (Å²) >= 11 is 0. The highest BCUT2D eigenvalue weighted by molar-refractivity contribution is 5.74. The predicted molar refractivity (Wildman–Crippen MR) is 79.1 cm³/mol. The van der Waals surface area contributed by atoms with Crippen molar-refractivity contribution in [1.29, 1.82) is 0 Å². The number of fused-ring (bicyclic) bond motifs is 1. The molecule has 102 valence electrons. The summed E-state index contributed by atoms with van der Waals surface area (Å²) in [6.07, 6.45) is 1.32. The summed E-state index contributed by atoms with van der Waals surface area (Å²) in [6, 6.07) is 17.7. The van der Waals surface area contributed by atoms with Crippen LogP contribution in [-0.4, -0.2) is 21.2 Å². The average molecular weight is 267 g/mol. The quantitative estimate of drug-likeness (QED) is 0.746. The van der Waals surface area contributed by atoms with Gasteiger partial charge in [0.25, 0.3) is 0 Å². The van der Waals surface area contributed by atoms with Crippen LogP contribution in [0.3, 0.4) is 0 Å². The number of aliphatic hydroxyl groups excluding tert-OH is 1. The summed E-state index contributed by atoms with van der Waals surface area (Å²) in [5.74, 6) is 0. The lowest BCUT2D eigenvalue weighted by molar-refractivity contribution is 0.171. The monoisotopic (exact) mass is 267 g/mol. The van der Waals surface area contributed by atoms with Crippen molar-refractivity contribution in [2.75, 3.05) is 6.54 Å². The number of hydrogen-bond acceptors (Lipinski definition) is 3. The molecule has 1 heterocycles. The Morgan fingerprint density at radius 3 is 2.65 bits per heavy atom.